The summed E-state index contributed by atoms with van der Waals surface area (Å²) in [5, 5.41) is 1.59. The first-order valence-corrected chi connectivity index (χ1v) is 3.13. The molecule has 0 rings (SSSR count). The standard InChI is InChI=1S/C3H9N.C2H8NOP.Po.2H/c1-4(2)3;1-3(2)4-5;;;/h1-3H3;5H2,1-2H3;;;. The molecule has 1 unspecified atom stereocenters. The number of hydrogen-bond donors (Lipinski definition) is 0. The van der Waals surface area contributed by atoms with Gasteiger partial charge in [0.15, 0.2) is 0 Å². The summed E-state index contributed by atoms with van der Waals surface area (Å²) in [6, 6.07) is 0. The van der Waals surface area contributed by atoms with Crippen LogP contribution in [0.4, 0.5) is 0 Å². The van der Waals surface area contributed by atoms with Crippen molar-refractivity contribution in [3.63, 3.8) is 0 Å². The van der Waals surface area contributed by atoms with Crippen LogP contribution in [0.25, 0.3) is 0 Å². The summed E-state index contributed by atoms with van der Waals surface area (Å²) in [5.74, 6) is 0. The fourth-order valence-electron chi connectivity index (χ4n) is 0. The maximum atomic E-state index is 4.50. The molecule has 0 aromatic heterocycles. The van der Waals surface area contributed by atoms with Gasteiger partial charge in [0.2, 0.25) is 0 Å². The van der Waals surface area contributed by atoms with Crippen LogP contribution in [0.1, 0.15) is 0 Å². The van der Waals surface area contributed by atoms with Gasteiger partial charge in [-0.1, -0.05) is 0 Å². The van der Waals surface area contributed by atoms with Crippen molar-refractivity contribution in [3.8, 4) is 0 Å². The molecule has 5 heteroatoms. The van der Waals surface area contributed by atoms with E-state index >= 15 is 0 Å². The maximum absolute atomic E-state index is 4.50. The summed E-state index contributed by atoms with van der Waals surface area (Å²) >= 11 is 0. The average molecular weight is 363 g/mol. The summed E-state index contributed by atoms with van der Waals surface area (Å²) < 4.78 is 4.50. The molecule has 10 heavy (non-hydrogen) atoms. The van der Waals surface area contributed by atoms with Gasteiger partial charge in [-0.15, -0.1) is 0 Å². The van der Waals surface area contributed by atoms with Crippen molar-refractivity contribution in [3.05, 3.63) is 0 Å². The number of nitrogens with zero attached hydrogens (tertiary/aromatic N) is 2. The van der Waals surface area contributed by atoms with E-state index in [-0.39, 0.29) is 26.6 Å². The van der Waals surface area contributed by atoms with E-state index in [1.54, 1.807) is 5.06 Å². The Labute approximate surface area is 85.8 Å². The Hall–Kier alpha value is 1.21. The van der Waals surface area contributed by atoms with Gasteiger partial charge < -0.3 is 4.90 Å². The molecule has 0 saturated carbocycles. The van der Waals surface area contributed by atoms with Crippen LogP contribution in [0.2, 0.25) is 0 Å². The van der Waals surface area contributed by atoms with Crippen LogP contribution >= 0.6 is 9.47 Å². The SMILES string of the molecule is CN(C)C.CN(C)OP.[PoH2]. The van der Waals surface area contributed by atoms with E-state index in [4.69, 9.17) is 0 Å². The van der Waals surface area contributed by atoms with Gasteiger partial charge in [0.05, 0.1) is 0 Å². The Bertz CT molecular complexity index is 52.2. The van der Waals surface area contributed by atoms with Gasteiger partial charge in [-0.3, -0.25) is 4.62 Å². The first-order chi connectivity index (χ1) is 4.00. The minimum absolute atomic E-state index is 0. The fourth-order valence-corrected chi connectivity index (χ4v) is 0. The van der Waals surface area contributed by atoms with Crippen molar-refractivity contribution in [2.24, 2.45) is 0 Å². The molecule has 0 aliphatic rings. The van der Waals surface area contributed by atoms with Crippen LogP contribution in [0, 0.1) is 0 Å². The second kappa shape index (κ2) is 12.8. The zero-order chi connectivity index (χ0) is 7.86. The molecule has 0 bridgehead atoms. The van der Waals surface area contributed by atoms with E-state index in [1.807, 2.05) is 40.1 Å². The molecule has 1 atom stereocenters. The summed E-state index contributed by atoms with van der Waals surface area (Å²) in [4.78, 5) is 2.00. The Morgan fingerprint density at radius 2 is 1.10 bits per heavy atom. The number of rotatable bonds is 1. The van der Waals surface area contributed by atoms with E-state index < -0.39 is 0 Å². The predicted molar refractivity (Wildman–Crippen MR) is 52.6 cm³/mol. The monoisotopic (exact) mass is 363 g/mol. The van der Waals surface area contributed by atoms with E-state index in [0.29, 0.717) is 0 Å². The summed E-state index contributed by atoms with van der Waals surface area (Å²) in [7, 11) is 11.7. The first kappa shape index (κ1) is 17.3. The molecule has 0 fully saturated rings. The molecule has 3 nitrogen and oxygen atoms in total. The Morgan fingerprint density at radius 3 is 1.10 bits per heavy atom. The van der Waals surface area contributed by atoms with Gasteiger partial charge in [0.1, 0.15) is 0 Å². The van der Waals surface area contributed by atoms with Crippen LogP contribution in [-0.2, 0) is 4.62 Å². The molecule has 66 valence electrons. The van der Waals surface area contributed by atoms with Crippen molar-refractivity contribution in [1.82, 2.24) is 9.96 Å². The van der Waals surface area contributed by atoms with Crippen molar-refractivity contribution >= 4 is 36.0 Å². The summed E-state index contributed by atoms with van der Waals surface area (Å²) in [6.45, 7) is 0. The van der Waals surface area contributed by atoms with Gasteiger partial charge in [0, 0.05) is 23.6 Å². The van der Waals surface area contributed by atoms with Crippen LogP contribution in [0.5, 0.6) is 0 Å². The molecule has 0 amide bonds. The van der Waals surface area contributed by atoms with Gasteiger partial charge in [-0.25, -0.2) is 0 Å². The Balaban J connectivity index is -0.0000000910. The minimum atomic E-state index is 0. The molecule has 0 aliphatic carbocycles. The second-order valence-electron chi connectivity index (χ2n) is 2.26. The van der Waals surface area contributed by atoms with E-state index in [0.717, 1.165) is 0 Å². The third-order valence-electron chi connectivity index (χ3n) is 0.211. The third kappa shape index (κ3) is 60.3. The molecule has 0 radical (unpaired) electrons. The molecule has 0 aliphatic heterocycles. The molecule has 0 spiro atoms. The van der Waals surface area contributed by atoms with Gasteiger partial charge in [0.25, 0.3) is 0 Å². The van der Waals surface area contributed by atoms with Crippen LogP contribution < -0.4 is 0 Å². The first-order valence-electron chi connectivity index (χ1n) is 2.65. The van der Waals surface area contributed by atoms with Crippen LogP contribution in [-0.4, -0.2) is 71.8 Å². The van der Waals surface area contributed by atoms with E-state index in [1.165, 1.54) is 0 Å². The zero-order valence-corrected chi connectivity index (χ0v) is 12.4. The van der Waals surface area contributed by atoms with E-state index in [2.05, 4.69) is 14.1 Å². The number of hydroxylamine groups is 2. The Kier molecular flexibility index (Phi) is 22.3. The van der Waals surface area contributed by atoms with Crippen LogP contribution in [0.3, 0.4) is 0 Å². The van der Waals surface area contributed by atoms with Gasteiger partial charge in [-0.2, -0.15) is 5.06 Å². The van der Waals surface area contributed by atoms with Crippen molar-refractivity contribution in [1.29, 1.82) is 0 Å². The topological polar surface area (TPSA) is 15.7 Å². The molecular formula is C5H19N2OPPo. The second-order valence-corrected chi connectivity index (χ2v) is 2.47. The molecule has 0 heterocycles. The van der Waals surface area contributed by atoms with Gasteiger partial charge in [-0.05, 0) is 21.1 Å². The van der Waals surface area contributed by atoms with Crippen molar-refractivity contribution < 1.29 is 4.62 Å². The molecular weight excluding hydrogens is 344 g/mol. The molecule has 0 aromatic carbocycles. The summed E-state index contributed by atoms with van der Waals surface area (Å²) in [6.07, 6.45) is 0. The van der Waals surface area contributed by atoms with E-state index in [9.17, 15) is 0 Å². The quantitative estimate of drug-likeness (QED) is 0.463. The normalized spacial score (nSPS) is 8.40. The molecule has 0 N–H and O–H groups in total. The average Bonchev–Trinajstić information content (AvgIpc) is 1.65. The fraction of sp³-hybridized carbons (Fsp3) is 1.00. The zero-order valence-electron chi connectivity index (χ0n) is 7.38. The van der Waals surface area contributed by atoms with Crippen LogP contribution in [0.15, 0.2) is 0 Å². The molecule has 0 saturated heterocycles. The van der Waals surface area contributed by atoms with Crippen molar-refractivity contribution in [2.45, 2.75) is 0 Å². The number of hydrogen-bond acceptors (Lipinski definition) is 3. The van der Waals surface area contributed by atoms with Gasteiger partial charge >= 0.3 is 26.6 Å². The Morgan fingerprint density at radius 1 is 1.00 bits per heavy atom. The summed E-state index contributed by atoms with van der Waals surface area (Å²) in [5.41, 5.74) is 0. The molecule has 0 aromatic rings. The predicted octanol–water partition coefficient (Wildman–Crippen LogP) is -0.469. The third-order valence-corrected chi connectivity index (χ3v) is 0.632. The van der Waals surface area contributed by atoms with Crippen molar-refractivity contribution in [2.75, 3.05) is 35.2 Å².